The number of benzene rings is 1. The highest BCUT2D eigenvalue weighted by Crippen LogP contribution is 2.07. The van der Waals surface area contributed by atoms with Gasteiger partial charge in [0.15, 0.2) is 0 Å². The number of rotatable bonds is 0. The van der Waals surface area contributed by atoms with Gasteiger partial charge in [0.1, 0.15) is 0 Å². The van der Waals surface area contributed by atoms with E-state index in [9.17, 15) is 0 Å². The molecular weight excluding hydrogens is 152 g/mol. The fourth-order valence-electron chi connectivity index (χ4n) is 1.02. The van der Waals surface area contributed by atoms with E-state index in [2.05, 4.69) is 22.7 Å². The minimum atomic E-state index is 1.06. The summed E-state index contributed by atoms with van der Waals surface area (Å²) in [5.74, 6) is 0. The lowest BCUT2D eigenvalue weighted by molar-refractivity contribution is 1.41. The summed E-state index contributed by atoms with van der Waals surface area (Å²) in [4.78, 5) is 11.7. The van der Waals surface area contributed by atoms with Crippen LogP contribution in [0.2, 0.25) is 0 Å². The van der Waals surface area contributed by atoms with Crippen LogP contribution in [0.15, 0.2) is 42.6 Å². The molecule has 2 aromatic rings. The average Bonchev–Trinajstić information content (AvgIpc) is 2.21. The minimum Gasteiger partial charge on any atom is -0.256 e. The molecule has 0 saturated heterocycles. The van der Waals surface area contributed by atoms with Crippen molar-refractivity contribution < 1.29 is 0 Å². The molecule has 0 saturated carbocycles. The van der Waals surface area contributed by atoms with Crippen molar-refractivity contribution in [2.24, 2.45) is 0 Å². The third kappa shape index (κ3) is 1.63. The first-order chi connectivity index (χ1) is 5.97. The van der Waals surface area contributed by atoms with Gasteiger partial charge in [0.05, 0.1) is 5.52 Å². The van der Waals surface area contributed by atoms with Crippen molar-refractivity contribution in [3.63, 3.8) is 0 Å². The maximum Gasteiger partial charge on any atom is 0.0701 e. The molecule has 0 radical (unpaired) electrons. The second kappa shape index (κ2) is 4.18. The van der Waals surface area contributed by atoms with Gasteiger partial charge in [-0.3, -0.25) is 4.98 Å². The molecule has 0 aliphatic rings. The number of nitrogens with one attached hydrogen (secondary N) is 1. The Morgan fingerprint density at radius 2 is 1.67 bits per heavy atom. The predicted molar refractivity (Wildman–Crippen MR) is 47.8 cm³/mol. The van der Waals surface area contributed by atoms with E-state index in [1.54, 1.807) is 0 Å². The quantitative estimate of drug-likeness (QED) is 0.602. The zero-order valence-electron chi connectivity index (χ0n) is 6.40. The molecule has 1 heterocycles. The van der Waals surface area contributed by atoms with E-state index < -0.39 is 0 Å². The fraction of sp³-hybridized carbons (Fsp3) is 0. The Balaban J connectivity index is 0.000000336. The second-order valence-electron chi connectivity index (χ2n) is 2.20. The fourth-order valence-corrected chi connectivity index (χ4v) is 1.02. The number of nitrogens with zero attached hydrogens (tertiary/aromatic N) is 1. The minimum absolute atomic E-state index is 1.06. The Morgan fingerprint density at radius 1 is 1.00 bits per heavy atom. The summed E-state index contributed by atoms with van der Waals surface area (Å²) in [5.41, 5.74) is 5.56. The summed E-state index contributed by atoms with van der Waals surface area (Å²) in [5, 5.41) is 1.20. The normalized spacial score (nSPS) is 8.67. The summed E-state index contributed by atoms with van der Waals surface area (Å²) in [6.07, 6.45) is 1.81. The van der Waals surface area contributed by atoms with E-state index in [1.807, 2.05) is 30.5 Å². The Labute approximate surface area is 69.8 Å². The molecule has 1 N–H and O–H groups in total. The molecule has 0 amide bonds. The van der Waals surface area contributed by atoms with Gasteiger partial charge >= 0.3 is 0 Å². The molecule has 0 spiro atoms. The van der Waals surface area contributed by atoms with Crippen molar-refractivity contribution in [3.05, 3.63) is 47.5 Å². The number of hydrogen-bond donors (Lipinski definition) is 1. The maximum atomic E-state index is 7.50. The van der Waals surface area contributed by atoms with Crippen LogP contribution in [0.5, 0.6) is 0 Å². The number of hydrogen-bond acceptors (Lipinski definition) is 3. The van der Waals surface area contributed by atoms with Gasteiger partial charge < -0.3 is 0 Å². The van der Waals surface area contributed by atoms with Crippen molar-refractivity contribution in [2.75, 3.05) is 0 Å². The van der Waals surface area contributed by atoms with Crippen LogP contribution in [0, 0.1) is 10.5 Å². The van der Waals surface area contributed by atoms with Crippen molar-refractivity contribution in [1.82, 2.24) is 4.98 Å². The van der Waals surface area contributed by atoms with Crippen molar-refractivity contribution in [1.29, 1.82) is 5.59 Å². The van der Waals surface area contributed by atoms with Gasteiger partial charge in [-0.25, -0.2) is 0 Å². The van der Waals surface area contributed by atoms with E-state index in [0.29, 0.717) is 0 Å². The van der Waals surface area contributed by atoms with Gasteiger partial charge in [0.25, 0.3) is 0 Å². The maximum absolute atomic E-state index is 7.50. The van der Waals surface area contributed by atoms with Crippen molar-refractivity contribution >= 4 is 10.9 Å². The Bertz CT molecular complexity index is 297. The first-order valence-electron chi connectivity index (χ1n) is 3.47. The van der Waals surface area contributed by atoms with Gasteiger partial charge in [-0.1, -0.05) is 29.9 Å². The number of aromatic nitrogens is 1. The molecule has 1 aromatic carbocycles. The molecule has 0 aliphatic carbocycles. The topological polar surface area (TPSA) is 53.8 Å². The van der Waals surface area contributed by atoms with Gasteiger partial charge in [0, 0.05) is 11.6 Å². The predicted octanol–water partition coefficient (Wildman–Crippen LogP) is 2.57. The SMILES string of the molecule is N=O.c1ccc2ncccc2c1. The van der Waals surface area contributed by atoms with E-state index in [1.165, 1.54) is 5.39 Å². The van der Waals surface area contributed by atoms with Gasteiger partial charge in [0.2, 0.25) is 0 Å². The van der Waals surface area contributed by atoms with E-state index in [0.717, 1.165) is 5.52 Å². The van der Waals surface area contributed by atoms with Crippen LogP contribution >= 0.6 is 0 Å². The summed E-state index contributed by atoms with van der Waals surface area (Å²) in [6.45, 7) is 0. The monoisotopic (exact) mass is 160 g/mol. The number of fused-ring (bicyclic) bond motifs is 1. The van der Waals surface area contributed by atoms with Crippen LogP contribution in [0.1, 0.15) is 0 Å². The van der Waals surface area contributed by atoms with Gasteiger partial charge in [-0.15, -0.1) is 0 Å². The molecule has 3 heteroatoms. The van der Waals surface area contributed by atoms with E-state index in [4.69, 9.17) is 4.91 Å². The lowest BCUT2D eigenvalue weighted by atomic mass is 10.2. The summed E-state index contributed by atoms with van der Waals surface area (Å²) >= 11 is 0. The summed E-state index contributed by atoms with van der Waals surface area (Å²) < 4.78 is 0. The largest absolute Gasteiger partial charge is 0.256 e. The first-order valence-corrected chi connectivity index (χ1v) is 3.47. The smallest absolute Gasteiger partial charge is 0.0701 e. The molecule has 1 aromatic heterocycles. The molecule has 0 unspecified atom stereocenters. The van der Waals surface area contributed by atoms with E-state index >= 15 is 0 Å². The average molecular weight is 160 g/mol. The molecule has 60 valence electrons. The second-order valence-corrected chi connectivity index (χ2v) is 2.20. The van der Waals surface area contributed by atoms with Crippen LogP contribution in [0.3, 0.4) is 0 Å². The first kappa shape index (κ1) is 8.33. The lowest BCUT2D eigenvalue weighted by Gasteiger charge is -1.91. The van der Waals surface area contributed by atoms with Crippen molar-refractivity contribution in [2.45, 2.75) is 0 Å². The van der Waals surface area contributed by atoms with Crippen LogP contribution in [-0.4, -0.2) is 4.98 Å². The highest BCUT2D eigenvalue weighted by Gasteiger charge is 1.86. The molecular formula is C9H8N2O. The molecule has 0 fully saturated rings. The Hall–Kier alpha value is -1.77. The number of para-hydroxylation sites is 1. The third-order valence-corrected chi connectivity index (χ3v) is 1.51. The standard InChI is InChI=1S/C9H7N.HNO/c1-2-6-9-8(4-1)5-3-7-10-9;1-2/h1-7H;1H. The summed E-state index contributed by atoms with van der Waals surface area (Å²) in [6, 6.07) is 12.1. The van der Waals surface area contributed by atoms with Gasteiger partial charge in [-0.05, 0) is 12.1 Å². The van der Waals surface area contributed by atoms with Crippen LogP contribution in [-0.2, 0) is 0 Å². The lowest BCUT2D eigenvalue weighted by Crippen LogP contribution is -1.73. The van der Waals surface area contributed by atoms with Gasteiger partial charge in [-0.2, -0.15) is 4.91 Å². The highest BCUT2D eigenvalue weighted by molar-refractivity contribution is 5.77. The van der Waals surface area contributed by atoms with Crippen LogP contribution < -0.4 is 0 Å². The molecule has 12 heavy (non-hydrogen) atoms. The van der Waals surface area contributed by atoms with Crippen LogP contribution in [0.25, 0.3) is 10.9 Å². The number of pyridine rings is 1. The third-order valence-electron chi connectivity index (χ3n) is 1.51. The summed E-state index contributed by atoms with van der Waals surface area (Å²) in [7, 11) is 0. The Morgan fingerprint density at radius 3 is 2.42 bits per heavy atom. The molecule has 0 aliphatic heterocycles. The zero-order chi connectivity index (χ0) is 8.81. The Kier molecular flexibility index (Phi) is 2.90. The number of nitroso groups, excluding NO2 is 1. The van der Waals surface area contributed by atoms with E-state index in [-0.39, 0.29) is 0 Å². The molecule has 0 bridgehead atoms. The van der Waals surface area contributed by atoms with Crippen LogP contribution in [0.4, 0.5) is 0 Å². The highest BCUT2D eigenvalue weighted by atomic mass is 16.2. The molecule has 0 atom stereocenters. The van der Waals surface area contributed by atoms with Crippen molar-refractivity contribution in [3.8, 4) is 0 Å². The zero-order valence-corrected chi connectivity index (χ0v) is 6.40. The molecule has 2 rings (SSSR count). The molecule has 3 nitrogen and oxygen atoms in total.